The van der Waals surface area contributed by atoms with Gasteiger partial charge in [0.2, 0.25) is 0 Å². The molecule has 0 aromatic carbocycles. The number of aliphatic hydroxyl groups is 1. The Labute approximate surface area is 122 Å². The molecule has 1 aromatic rings. The summed E-state index contributed by atoms with van der Waals surface area (Å²) in [6.07, 6.45) is 7.21. The van der Waals surface area contributed by atoms with Crippen molar-refractivity contribution >= 4 is 0 Å². The lowest BCUT2D eigenvalue weighted by atomic mass is 9.76. The van der Waals surface area contributed by atoms with Gasteiger partial charge in [-0.2, -0.15) is 0 Å². The topological polar surface area (TPSA) is 36.4 Å². The first-order valence-electron chi connectivity index (χ1n) is 7.95. The fourth-order valence-corrected chi connectivity index (χ4v) is 3.99. The average Bonchev–Trinajstić information content (AvgIpc) is 2.43. The normalized spacial score (nSPS) is 34.8. The molecule has 1 aliphatic carbocycles. The number of likely N-dealkylation sites (tertiary alicyclic amines) is 1. The zero-order valence-electron chi connectivity index (χ0n) is 12.6. The minimum atomic E-state index is -0.106. The maximum atomic E-state index is 9.94. The maximum absolute atomic E-state index is 9.94. The molecule has 1 N–H and O–H groups in total. The van der Waals surface area contributed by atoms with Crippen molar-refractivity contribution in [2.45, 2.75) is 57.1 Å². The second kappa shape index (κ2) is 5.82. The number of fused-ring (bicyclic) bond motifs is 1. The van der Waals surface area contributed by atoms with E-state index in [1.807, 2.05) is 6.20 Å². The Bertz CT molecular complexity index is 462. The van der Waals surface area contributed by atoms with Crippen LogP contribution in [0.25, 0.3) is 0 Å². The van der Waals surface area contributed by atoms with Crippen LogP contribution >= 0.6 is 0 Å². The van der Waals surface area contributed by atoms with Crippen LogP contribution in [0.15, 0.2) is 18.3 Å². The Kier molecular flexibility index (Phi) is 4.08. The van der Waals surface area contributed by atoms with E-state index in [1.54, 1.807) is 0 Å². The predicted octanol–water partition coefficient (Wildman–Crippen LogP) is 2.59. The van der Waals surface area contributed by atoms with Crippen LogP contribution < -0.4 is 0 Å². The summed E-state index contributed by atoms with van der Waals surface area (Å²) < 4.78 is 0. The summed E-state index contributed by atoms with van der Waals surface area (Å²) in [5, 5.41) is 9.94. The summed E-state index contributed by atoms with van der Waals surface area (Å²) in [7, 11) is 2.20. The molecule has 0 radical (unpaired) electrons. The first-order chi connectivity index (χ1) is 9.63. The quantitative estimate of drug-likeness (QED) is 0.900. The van der Waals surface area contributed by atoms with Crippen molar-refractivity contribution in [3.8, 4) is 0 Å². The number of aromatic nitrogens is 1. The second-order valence-corrected chi connectivity index (χ2v) is 6.83. The van der Waals surface area contributed by atoms with Gasteiger partial charge in [-0.15, -0.1) is 0 Å². The first-order valence-corrected chi connectivity index (χ1v) is 7.95. The van der Waals surface area contributed by atoms with Crippen molar-refractivity contribution in [1.82, 2.24) is 9.88 Å². The molecule has 2 heterocycles. The molecule has 2 aliphatic rings. The summed E-state index contributed by atoms with van der Waals surface area (Å²) >= 11 is 0. The Hall–Kier alpha value is -0.930. The van der Waals surface area contributed by atoms with Gasteiger partial charge in [-0.3, -0.25) is 4.98 Å². The molecule has 3 rings (SSSR count). The monoisotopic (exact) mass is 274 g/mol. The van der Waals surface area contributed by atoms with Gasteiger partial charge < -0.3 is 10.0 Å². The highest BCUT2D eigenvalue weighted by Crippen LogP contribution is 2.38. The number of nitrogens with zero attached hydrogens (tertiary/aromatic N) is 2. The molecule has 1 saturated heterocycles. The molecule has 0 bridgehead atoms. The number of pyridine rings is 1. The third-order valence-electron chi connectivity index (χ3n) is 5.13. The fourth-order valence-electron chi connectivity index (χ4n) is 3.99. The van der Waals surface area contributed by atoms with E-state index in [2.05, 4.69) is 36.0 Å². The van der Waals surface area contributed by atoms with Crippen molar-refractivity contribution < 1.29 is 5.11 Å². The third-order valence-corrected chi connectivity index (χ3v) is 5.13. The number of hydrogen-bond donors (Lipinski definition) is 1. The van der Waals surface area contributed by atoms with E-state index >= 15 is 0 Å². The van der Waals surface area contributed by atoms with Gasteiger partial charge >= 0.3 is 0 Å². The molecule has 1 aromatic heterocycles. The Morgan fingerprint density at radius 1 is 1.40 bits per heavy atom. The summed E-state index contributed by atoms with van der Waals surface area (Å²) in [6.45, 7) is 3.36. The van der Waals surface area contributed by atoms with Crippen LogP contribution in [-0.4, -0.2) is 40.7 Å². The molecular weight excluding hydrogens is 248 g/mol. The van der Waals surface area contributed by atoms with Gasteiger partial charge in [-0.1, -0.05) is 13.0 Å². The van der Waals surface area contributed by atoms with Gasteiger partial charge in [0.15, 0.2) is 0 Å². The van der Waals surface area contributed by atoms with Gasteiger partial charge in [0.1, 0.15) is 0 Å². The summed E-state index contributed by atoms with van der Waals surface area (Å²) in [4.78, 5) is 7.02. The summed E-state index contributed by atoms with van der Waals surface area (Å²) in [5.74, 6) is 1.33. The number of piperidine rings is 1. The smallest absolute Gasteiger partial charge is 0.0567 e. The lowest BCUT2D eigenvalue weighted by Gasteiger charge is -2.39. The second-order valence-electron chi connectivity index (χ2n) is 6.83. The Balaban J connectivity index is 1.77. The molecule has 1 aliphatic heterocycles. The first kappa shape index (κ1) is 14.0. The largest absolute Gasteiger partial charge is 0.393 e. The van der Waals surface area contributed by atoms with Crippen LogP contribution in [0.5, 0.6) is 0 Å². The van der Waals surface area contributed by atoms with E-state index in [0.29, 0.717) is 12.0 Å². The van der Waals surface area contributed by atoms with Crippen molar-refractivity contribution in [1.29, 1.82) is 0 Å². The molecular formula is C17H26N2O. The molecule has 0 saturated carbocycles. The van der Waals surface area contributed by atoms with Gasteiger partial charge in [0.25, 0.3) is 0 Å². The standard InChI is InChI=1S/C17H26N2O/c1-12-8-13(16-4-3-6-18-17(16)9-12)10-14-11-15(20)5-7-19(14)2/h3-4,6,12-15,20H,5,7-11H2,1-2H3/t12-,13-,14-,15+/m1/s1. The molecule has 110 valence electrons. The highest BCUT2D eigenvalue weighted by molar-refractivity contribution is 5.27. The summed E-state index contributed by atoms with van der Waals surface area (Å²) in [5.41, 5.74) is 2.76. The zero-order chi connectivity index (χ0) is 14.1. The predicted molar refractivity (Wildman–Crippen MR) is 80.7 cm³/mol. The molecule has 1 fully saturated rings. The van der Waals surface area contributed by atoms with E-state index in [9.17, 15) is 5.11 Å². The third kappa shape index (κ3) is 2.89. The fraction of sp³-hybridized carbons (Fsp3) is 0.706. The molecule has 3 heteroatoms. The molecule has 3 nitrogen and oxygen atoms in total. The van der Waals surface area contributed by atoms with Crippen LogP contribution in [0, 0.1) is 5.92 Å². The van der Waals surface area contributed by atoms with Crippen LogP contribution in [-0.2, 0) is 6.42 Å². The van der Waals surface area contributed by atoms with Crippen molar-refractivity contribution in [2.75, 3.05) is 13.6 Å². The average molecular weight is 274 g/mol. The number of hydrogen-bond acceptors (Lipinski definition) is 3. The highest BCUT2D eigenvalue weighted by atomic mass is 16.3. The van der Waals surface area contributed by atoms with Gasteiger partial charge in [0, 0.05) is 24.5 Å². The van der Waals surface area contributed by atoms with Crippen LogP contribution in [0.3, 0.4) is 0 Å². The van der Waals surface area contributed by atoms with E-state index in [-0.39, 0.29) is 6.10 Å². The molecule has 0 unspecified atom stereocenters. The minimum Gasteiger partial charge on any atom is -0.393 e. The lowest BCUT2D eigenvalue weighted by Crippen LogP contribution is -2.42. The van der Waals surface area contributed by atoms with Crippen molar-refractivity contribution in [3.05, 3.63) is 29.6 Å². The van der Waals surface area contributed by atoms with Crippen molar-refractivity contribution in [3.63, 3.8) is 0 Å². The van der Waals surface area contributed by atoms with Crippen LogP contribution in [0.4, 0.5) is 0 Å². The summed E-state index contributed by atoms with van der Waals surface area (Å²) in [6, 6.07) is 4.85. The van der Waals surface area contributed by atoms with Crippen LogP contribution in [0.1, 0.15) is 49.8 Å². The van der Waals surface area contributed by atoms with E-state index < -0.39 is 0 Å². The zero-order valence-corrected chi connectivity index (χ0v) is 12.6. The highest BCUT2D eigenvalue weighted by Gasteiger charge is 2.31. The van der Waals surface area contributed by atoms with E-state index in [1.165, 1.54) is 17.7 Å². The van der Waals surface area contributed by atoms with Crippen molar-refractivity contribution in [2.24, 2.45) is 5.92 Å². The van der Waals surface area contributed by atoms with Gasteiger partial charge in [-0.05, 0) is 62.6 Å². The maximum Gasteiger partial charge on any atom is 0.0567 e. The number of rotatable bonds is 2. The number of aliphatic hydroxyl groups excluding tert-OH is 1. The molecule has 20 heavy (non-hydrogen) atoms. The molecule has 0 amide bonds. The molecule has 4 atom stereocenters. The van der Waals surface area contributed by atoms with Gasteiger partial charge in [-0.25, -0.2) is 0 Å². The minimum absolute atomic E-state index is 0.106. The van der Waals surface area contributed by atoms with Gasteiger partial charge in [0.05, 0.1) is 6.10 Å². The Morgan fingerprint density at radius 3 is 3.10 bits per heavy atom. The van der Waals surface area contributed by atoms with E-state index in [0.717, 1.165) is 38.1 Å². The SMILES string of the molecule is C[C@H]1Cc2ncccc2[C@@H](C[C@@H]2C[C@@H](O)CCN2C)C1. The van der Waals surface area contributed by atoms with E-state index in [4.69, 9.17) is 0 Å². The lowest BCUT2D eigenvalue weighted by molar-refractivity contribution is 0.0482. The van der Waals surface area contributed by atoms with Crippen LogP contribution in [0.2, 0.25) is 0 Å². The Morgan fingerprint density at radius 2 is 2.25 bits per heavy atom. The molecule has 0 spiro atoms.